The molecule has 29 heavy (non-hydrogen) atoms. The van der Waals surface area contributed by atoms with Crippen LogP contribution in [0.15, 0.2) is 24.3 Å². The number of ketones is 1. The van der Waals surface area contributed by atoms with Gasteiger partial charge in [-0.05, 0) is 55.5 Å². The van der Waals surface area contributed by atoms with E-state index in [0.29, 0.717) is 17.2 Å². The maximum absolute atomic E-state index is 12.9. The van der Waals surface area contributed by atoms with Gasteiger partial charge in [0, 0.05) is 16.9 Å². The number of anilines is 1. The number of fused-ring (bicyclic) bond motifs is 3. The number of hydrogen-bond donors (Lipinski definition) is 1. The van der Waals surface area contributed by atoms with E-state index in [4.69, 9.17) is 10.5 Å². The Morgan fingerprint density at radius 1 is 1.10 bits per heavy atom. The number of rotatable bonds is 6. The maximum Gasteiger partial charge on any atom is 0.306 e. The van der Waals surface area contributed by atoms with Gasteiger partial charge in [0.15, 0.2) is 18.2 Å². The number of nitrogen functional groups attached to an aromatic ring is 1. The normalized spacial score (nSPS) is 13.3. The van der Waals surface area contributed by atoms with E-state index in [1.165, 1.54) is 41.1 Å². The number of aryl methyl sites for hydroxylation is 2. The van der Waals surface area contributed by atoms with E-state index in [1.54, 1.807) is 11.3 Å². The molecule has 2 heterocycles. The first kappa shape index (κ1) is 19.4. The summed E-state index contributed by atoms with van der Waals surface area (Å²) in [6.45, 7) is -0.0910. The highest BCUT2D eigenvalue weighted by molar-refractivity contribution is 7.19. The molecule has 0 aliphatic heterocycles. The second-order valence-corrected chi connectivity index (χ2v) is 8.09. The topological polar surface area (TPSA) is 95.2 Å². The SMILES string of the molecule is Nc1nc(COC(=O)CCC(=O)c2ccc(F)cc2)nc2sc3c(c12)CCCC3. The Hall–Kier alpha value is -2.87. The number of nitrogens with two attached hydrogens (primary N) is 1. The summed E-state index contributed by atoms with van der Waals surface area (Å²) in [6, 6.07) is 5.22. The van der Waals surface area contributed by atoms with Crippen molar-refractivity contribution in [1.29, 1.82) is 0 Å². The molecule has 1 aliphatic carbocycles. The van der Waals surface area contributed by atoms with Crippen LogP contribution in [-0.4, -0.2) is 21.7 Å². The van der Waals surface area contributed by atoms with Crippen molar-refractivity contribution in [2.75, 3.05) is 5.73 Å². The molecule has 6 nitrogen and oxygen atoms in total. The fraction of sp³-hybridized carbons (Fsp3) is 0.333. The van der Waals surface area contributed by atoms with Gasteiger partial charge in [0.1, 0.15) is 16.5 Å². The van der Waals surface area contributed by atoms with Gasteiger partial charge in [-0.25, -0.2) is 14.4 Å². The maximum atomic E-state index is 12.9. The van der Waals surface area contributed by atoms with E-state index in [0.717, 1.165) is 29.5 Å². The van der Waals surface area contributed by atoms with Crippen molar-refractivity contribution < 1.29 is 18.7 Å². The number of thiophene rings is 1. The predicted octanol–water partition coefficient (Wildman–Crippen LogP) is 4.00. The Morgan fingerprint density at radius 3 is 2.66 bits per heavy atom. The van der Waals surface area contributed by atoms with Gasteiger partial charge in [0.05, 0.1) is 11.8 Å². The zero-order valence-electron chi connectivity index (χ0n) is 15.7. The van der Waals surface area contributed by atoms with Crippen LogP contribution in [0.4, 0.5) is 10.2 Å². The van der Waals surface area contributed by atoms with Crippen LogP contribution >= 0.6 is 11.3 Å². The number of Topliss-reactive ketones (excluding diaryl/α,β-unsaturated/α-hetero) is 1. The number of aromatic nitrogens is 2. The summed E-state index contributed by atoms with van der Waals surface area (Å²) < 4.78 is 18.1. The highest BCUT2D eigenvalue weighted by Crippen LogP contribution is 2.37. The number of hydrogen-bond acceptors (Lipinski definition) is 7. The van der Waals surface area contributed by atoms with Crippen LogP contribution < -0.4 is 5.73 Å². The second-order valence-electron chi connectivity index (χ2n) is 7.01. The van der Waals surface area contributed by atoms with Gasteiger partial charge in [0.2, 0.25) is 0 Å². The van der Waals surface area contributed by atoms with Gasteiger partial charge in [0.25, 0.3) is 0 Å². The third-order valence-electron chi connectivity index (χ3n) is 4.97. The Balaban J connectivity index is 1.36. The van der Waals surface area contributed by atoms with Crippen LogP contribution in [0.25, 0.3) is 10.2 Å². The van der Waals surface area contributed by atoms with Gasteiger partial charge in [-0.2, -0.15) is 0 Å². The highest BCUT2D eigenvalue weighted by atomic mass is 32.1. The monoisotopic (exact) mass is 413 g/mol. The van der Waals surface area contributed by atoms with Crippen molar-refractivity contribution in [3.05, 3.63) is 51.9 Å². The largest absolute Gasteiger partial charge is 0.457 e. The minimum Gasteiger partial charge on any atom is -0.457 e. The van der Waals surface area contributed by atoms with Crippen molar-refractivity contribution in [2.24, 2.45) is 0 Å². The van der Waals surface area contributed by atoms with Crippen LogP contribution in [0, 0.1) is 5.82 Å². The first-order valence-corrected chi connectivity index (χ1v) is 10.3. The molecule has 150 valence electrons. The van der Waals surface area contributed by atoms with Crippen LogP contribution in [0.1, 0.15) is 52.3 Å². The van der Waals surface area contributed by atoms with Crippen molar-refractivity contribution in [2.45, 2.75) is 45.1 Å². The number of carbonyl (C=O) groups excluding carboxylic acids is 2. The Morgan fingerprint density at radius 2 is 1.86 bits per heavy atom. The van der Waals surface area contributed by atoms with E-state index in [1.807, 2.05) is 0 Å². The molecule has 1 aliphatic rings. The van der Waals surface area contributed by atoms with Gasteiger partial charge in [-0.15, -0.1) is 11.3 Å². The molecule has 2 N–H and O–H groups in total. The first-order valence-electron chi connectivity index (χ1n) is 9.52. The number of ether oxygens (including phenoxy) is 1. The summed E-state index contributed by atoms with van der Waals surface area (Å²) in [4.78, 5) is 35.0. The van der Waals surface area contributed by atoms with Crippen molar-refractivity contribution >= 4 is 39.1 Å². The lowest BCUT2D eigenvalue weighted by Gasteiger charge is -2.10. The molecule has 1 aromatic carbocycles. The number of carbonyl (C=O) groups is 2. The van der Waals surface area contributed by atoms with Crippen LogP contribution in [0.2, 0.25) is 0 Å². The summed E-state index contributed by atoms with van der Waals surface area (Å²) in [5.41, 5.74) is 7.77. The molecule has 0 atom stereocenters. The summed E-state index contributed by atoms with van der Waals surface area (Å²) in [6.07, 6.45) is 4.29. The summed E-state index contributed by atoms with van der Waals surface area (Å²) in [7, 11) is 0. The molecule has 2 aromatic heterocycles. The van der Waals surface area contributed by atoms with E-state index in [-0.39, 0.29) is 25.2 Å². The molecular formula is C21H20FN3O3S. The predicted molar refractivity (Wildman–Crippen MR) is 108 cm³/mol. The van der Waals surface area contributed by atoms with Crippen LogP contribution in [-0.2, 0) is 29.0 Å². The molecule has 0 radical (unpaired) electrons. The summed E-state index contributed by atoms with van der Waals surface area (Å²) >= 11 is 1.63. The molecule has 0 bridgehead atoms. The molecule has 4 rings (SSSR count). The van der Waals surface area contributed by atoms with Gasteiger partial charge >= 0.3 is 5.97 Å². The van der Waals surface area contributed by atoms with Gasteiger partial charge in [-0.1, -0.05) is 0 Å². The Labute approximate surface area is 170 Å². The van der Waals surface area contributed by atoms with Crippen LogP contribution in [0.5, 0.6) is 0 Å². The zero-order valence-corrected chi connectivity index (χ0v) is 16.6. The third kappa shape index (κ3) is 4.27. The fourth-order valence-corrected chi connectivity index (χ4v) is 4.80. The molecular weight excluding hydrogens is 393 g/mol. The minimum absolute atomic E-state index is 0.00978. The summed E-state index contributed by atoms with van der Waals surface area (Å²) in [5.74, 6) is -0.399. The molecule has 0 unspecified atom stereocenters. The highest BCUT2D eigenvalue weighted by Gasteiger charge is 2.20. The van der Waals surface area contributed by atoms with E-state index >= 15 is 0 Å². The number of esters is 1. The molecule has 0 saturated carbocycles. The smallest absolute Gasteiger partial charge is 0.306 e. The van der Waals surface area contributed by atoms with E-state index in [9.17, 15) is 14.0 Å². The quantitative estimate of drug-likeness (QED) is 0.485. The first-order chi connectivity index (χ1) is 14.0. The van der Waals surface area contributed by atoms with E-state index < -0.39 is 11.8 Å². The Bertz CT molecular complexity index is 1080. The molecule has 0 spiro atoms. The van der Waals surface area contributed by atoms with Gasteiger partial charge in [-0.3, -0.25) is 9.59 Å². The van der Waals surface area contributed by atoms with E-state index in [2.05, 4.69) is 9.97 Å². The average Bonchev–Trinajstić information content (AvgIpc) is 3.10. The van der Waals surface area contributed by atoms with Crippen molar-refractivity contribution in [3.63, 3.8) is 0 Å². The molecule has 0 fully saturated rings. The Kier molecular flexibility index (Phi) is 5.53. The third-order valence-corrected chi connectivity index (χ3v) is 6.16. The zero-order chi connectivity index (χ0) is 20.4. The van der Waals surface area contributed by atoms with Crippen LogP contribution in [0.3, 0.4) is 0 Å². The second kappa shape index (κ2) is 8.24. The molecule has 0 amide bonds. The molecule has 3 aromatic rings. The lowest BCUT2D eigenvalue weighted by Crippen LogP contribution is -2.10. The minimum atomic E-state index is -0.520. The number of nitrogens with zero attached hydrogens (tertiary/aromatic N) is 2. The lowest BCUT2D eigenvalue weighted by atomic mass is 9.97. The average molecular weight is 413 g/mol. The lowest BCUT2D eigenvalue weighted by molar-refractivity contribution is -0.145. The van der Waals surface area contributed by atoms with Crippen molar-refractivity contribution in [1.82, 2.24) is 9.97 Å². The van der Waals surface area contributed by atoms with Crippen molar-refractivity contribution in [3.8, 4) is 0 Å². The number of halogens is 1. The van der Waals surface area contributed by atoms with Gasteiger partial charge < -0.3 is 10.5 Å². The summed E-state index contributed by atoms with van der Waals surface area (Å²) in [5, 5.41) is 0.935. The molecule has 0 saturated heterocycles. The standard InChI is InChI=1S/C21H20FN3O3S/c22-13-7-5-12(6-8-13)15(26)9-10-18(27)28-11-17-24-20(23)19-14-3-1-2-4-16(14)29-21(19)25-17/h5-8H,1-4,9-11H2,(H2,23,24,25). The molecule has 8 heteroatoms. The fourth-order valence-electron chi connectivity index (χ4n) is 3.51. The number of benzene rings is 1.